The number of amides is 1. The maximum Gasteiger partial charge on any atom is 0.248 e. The van der Waals surface area contributed by atoms with Crippen molar-refractivity contribution in [2.75, 3.05) is 11.9 Å². The fourth-order valence-corrected chi connectivity index (χ4v) is 2.02. The molecule has 5 nitrogen and oxygen atoms in total. The highest BCUT2D eigenvalue weighted by molar-refractivity contribution is 6.09. The van der Waals surface area contributed by atoms with Crippen LogP contribution >= 0.6 is 0 Å². The summed E-state index contributed by atoms with van der Waals surface area (Å²) in [4.78, 5) is 29.9. The zero-order valence-corrected chi connectivity index (χ0v) is 12.9. The first-order valence-electron chi connectivity index (χ1n) is 7.03. The van der Waals surface area contributed by atoms with Crippen molar-refractivity contribution in [2.45, 2.75) is 19.9 Å². The highest BCUT2D eigenvalue weighted by Crippen LogP contribution is 2.19. The molecule has 1 amide bonds. The lowest BCUT2D eigenvalue weighted by molar-refractivity contribution is 0.1000. The Morgan fingerprint density at radius 1 is 1.14 bits per heavy atom. The summed E-state index contributed by atoms with van der Waals surface area (Å²) in [5.74, 6) is -0.813. The first-order valence-corrected chi connectivity index (χ1v) is 7.03. The van der Waals surface area contributed by atoms with Gasteiger partial charge in [-0.15, -0.1) is 0 Å². The van der Waals surface area contributed by atoms with Gasteiger partial charge in [0.15, 0.2) is 0 Å². The summed E-state index contributed by atoms with van der Waals surface area (Å²) < 4.78 is 0. The molecule has 1 aromatic carbocycles. The van der Waals surface area contributed by atoms with Crippen LogP contribution in [0.25, 0.3) is 0 Å². The van der Waals surface area contributed by atoms with Crippen molar-refractivity contribution >= 4 is 17.4 Å². The van der Waals surface area contributed by atoms with E-state index in [9.17, 15) is 9.59 Å². The topological polar surface area (TPSA) is 76.3 Å². The Hall–Kier alpha value is -2.69. The van der Waals surface area contributed by atoms with Crippen molar-refractivity contribution in [3.8, 4) is 0 Å². The van der Waals surface area contributed by atoms with Crippen LogP contribution in [0.4, 0.5) is 5.69 Å². The van der Waals surface area contributed by atoms with Gasteiger partial charge in [-0.05, 0) is 38.1 Å². The number of benzene rings is 1. The molecule has 0 unspecified atom stereocenters. The molecule has 0 spiro atoms. The molecule has 2 aromatic rings. The number of rotatable bonds is 5. The third-order valence-electron chi connectivity index (χ3n) is 3.57. The van der Waals surface area contributed by atoms with Crippen LogP contribution in [0, 0.1) is 0 Å². The normalized spacial score (nSPS) is 10.5. The van der Waals surface area contributed by atoms with Gasteiger partial charge in [-0.2, -0.15) is 0 Å². The zero-order chi connectivity index (χ0) is 16.3. The van der Waals surface area contributed by atoms with E-state index in [0.29, 0.717) is 11.6 Å². The lowest BCUT2D eigenvalue weighted by atomic mass is 10.0. The average molecular weight is 297 g/mol. The van der Waals surface area contributed by atoms with Gasteiger partial charge in [-0.1, -0.05) is 12.1 Å². The monoisotopic (exact) mass is 297 g/mol. The van der Waals surface area contributed by atoms with E-state index in [1.54, 1.807) is 6.07 Å². The largest absolute Gasteiger partial charge is 0.372 e. The molecule has 2 rings (SSSR count). The van der Waals surface area contributed by atoms with E-state index in [4.69, 9.17) is 5.73 Å². The lowest BCUT2D eigenvalue weighted by Crippen LogP contribution is -2.25. The van der Waals surface area contributed by atoms with E-state index < -0.39 is 5.91 Å². The number of anilines is 1. The predicted octanol–water partition coefficient (Wildman–Crippen LogP) is 2.26. The Kier molecular flexibility index (Phi) is 4.56. The third kappa shape index (κ3) is 3.31. The van der Waals surface area contributed by atoms with Crippen LogP contribution in [-0.2, 0) is 0 Å². The van der Waals surface area contributed by atoms with Gasteiger partial charge in [-0.25, -0.2) is 0 Å². The molecule has 0 saturated heterocycles. The van der Waals surface area contributed by atoms with Crippen molar-refractivity contribution in [2.24, 2.45) is 5.73 Å². The second-order valence-corrected chi connectivity index (χ2v) is 5.38. The summed E-state index contributed by atoms with van der Waals surface area (Å²) in [7, 11) is 1.97. The quantitative estimate of drug-likeness (QED) is 0.859. The third-order valence-corrected chi connectivity index (χ3v) is 3.57. The molecular weight excluding hydrogens is 278 g/mol. The van der Waals surface area contributed by atoms with E-state index in [0.717, 1.165) is 5.69 Å². The minimum absolute atomic E-state index is 0.209. The molecule has 0 atom stereocenters. The predicted molar refractivity (Wildman–Crippen MR) is 86.2 cm³/mol. The summed E-state index contributed by atoms with van der Waals surface area (Å²) in [6, 6.07) is 10.6. The maximum atomic E-state index is 12.5. The second-order valence-electron chi connectivity index (χ2n) is 5.38. The standard InChI is InChI=1S/C17H19N3O2/c1-11(2)20(3)14-6-4-5-12(9-14)16(21)15-10-13(17(18)22)7-8-19-15/h4-11H,1-3H3,(H2,18,22). The summed E-state index contributed by atoms with van der Waals surface area (Å²) >= 11 is 0. The van der Waals surface area contributed by atoms with Crippen LogP contribution in [0.15, 0.2) is 42.6 Å². The van der Waals surface area contributed by atoms with Crippen molar-refractivity contribution in [1.29, 1.82) is 0 Å². The SMILES string of the molecule is CC(C)N(C)c1cccc(C(=O)c2cc(C(N)=O)ccn2)c1. The van der Waals surface area contributed by atoms with Gasteiger partial charge in [0.2, 0.25) is 11.7 Å². The van der Waals surface area contributed by atoms with Crippen LogP contribution in [0.1, 0.15) is 40.3 Å². The molecule has 1 aromatic heterocycles. The molecule has 0 aliphatic rings. The van der Waals surface area contributed by atoms with Gasteiger partial charge in [0.1, 0.15) is 5.69 Å². The van der Waals surface area contributed by atoms with Gasteiger partial charge >= 0.3 is 0 Å². The van der Waals surface area contributed by atoms with E-state index in [-0.39, 0.29) is 17.0 Å². The van der Waals surface area contributed by atoms with Crippen LogP contribution in [-0.4, -0.2) is 29.8 Å². The van der Waals surface area contributed by atoms with Crippen molar-refractivity contribution in [1.82, 2.24) is 4.98 Å². The Morgan fingerprint density at radius 2 is 1.86 bits per heavy atom. The molecule has 1 heterocycles. The number of ketones is 1. The van der Waals surface area contributed by atoms with Crippen LogP contribution < -0.4 is 10.6 Å². The van der Waals surface area contributed by atoms with Crippen LogP contribution in [0.3, 0.4) is 0 Å². The second kappa shape index (κ2) is 6.39. The maximum absolute atomic E-state index is 12.5. The number of hydrogen-bond acceptors (Lipinski definition) is 4. The summed E-state index contributed by atoms with van der Waals surface area (Å²) in [6.45, 7) is 4.15. The van der Waals surface area contributed by atoms with E-state index in [1.165, 1.54) is 18.3 Å². The van der Waals surface area contributed by atoms with Crippen molar-refractivity contribution in [3.63, 3.8) is 0 Å². The van der Waals surface area contributed by atoms with Gasteiger partial charge in [0, 0.05) is 36.1 Å². The molecule has 0 aliphatic carbocycles. The molecule has 0 radical (unpaired) electrons. The van der Waals surface area contributed by atoms with Gasteiger partial charge in [-0.3, -0.25) is 14.6 Å². The average Bonchev–Trinajstić information content (AvgIpc) is 2.53. The minimum atomic E-state index is -0.579. The smallest absolute Gasteiger partial charge is 0.248 e. The van der Waals surface area contributed by atoms with E-state index in [2.05, 4.69) is 23.7 Å². The lowest BCUT2D eigenvalue weighted by Gasteiger charge is -2.24. The minimum Gasteiger partial charge on any atom is -0.372 e. The molecule has 0 aliphatic heterocycles. The molecule has 2 N–H and O–H groups in total. The first-order chi connectivity index (χ1) is 10.4. The molecule has 0 bridgehead atoms. The summed E-state index contributed by atoms with van der Waals surface area (Å²) in [5.41, 5.74) is 7.19. The molecule has 5 heteroatoms. The van der Waals surface area contributed by atoms with Crippen LogP contribution in [0.2, 0.25) is 0 Å². The molecule has 0 fully saturated rings. The molecule has 114 valence electrons. The van der Waals surface area contributed by atoms with E-state index >= 15 is 0 Å². The highest BCUT2D eigenvalue weighted by atomic mass is 16.1. The van der Waals surface area contributed by atoms with Gasteiger partial charge in [0.25, 0.3) is 0 Å². The zero-order valence-electron chi connectivity index (χ0n) is 12.9. The Labute approximate surface area is 129 Å². The number of hydrogen-bond donors (Lipinski definition) is 1. The van der Waals surface area contributed by atoms with Crippen molar-refractivity contribution in [3.05, 3.63) is 59.4 Å². The Balaban J connectivity index is 2.36. The Morgan fingerprint density at radius 3 is 2.50 bits per heavy atom. The van der Waals surface area contributed by atoms with Crippen molar-refractivity contribution < 1.29 is 9.59 Å². The number of aromatic nitrogens is 1. The van der Waals surface area contributed by atoms with Gasteiger partial charge < -0.3 is 10.6 Å². The molecule has 0 saturated carbocycles. The number of pyridine rings is 1. The van der Waals surface area contributed by atoms with E-state index in [1.807, 2.05) is 25.2 Å². The number of nitrogens with zero attached hydrogens (tertiary/aromatic N) is 2. The summed E-state index contributed by atoms with van der Waals surface area (Å²) in [5, 5.41) is 0. The highest BCUT2D eigenvalue weighted by Gasteiger charge is 2.14. The van der Waals surface area contributed by atoms with Gasteiger partial charge in [0.05, 0.1) is 0 Å². The molecular formula is C17H19N3O2. The fourth-order valence-electron chi connectivity index (χ4n) is 2.02. The Bertz CT molecular complexity index is 711. The number of primary amides is 1. The van der Waals surface area contributed by atoms with Crippen LogP contribution in [0.5, 0.6) is 0 Å². The summed E-state index contributed by atoms with van der Waals surface area (Å²) in [6.07, 6.45) is 1.41. The molecule has 22 heavy (non-hydrogen) atoms. The number of nitrogens with two attached hydrogens (primary N) is 1. The number of carbonyl (C=O) groups excluding carboxylic acids is 2. The fraction of sp³-hybridized carbons (Fsp3) is 0.235. The number of carbonyl (C=O) groups is 2. The first kappa shape index (κ1) is 15.7.